The number of hydrogen-bond acceptors (Lipinski definition) is 7. The number of pyridine rings is 1. The van der Waals surface area contributed by atoms with E-state index in [0.717, 1.165) is 24.2 Å². The minimum atomic E-state index is -3.47. The third-order valence-corrected chi connectivity index (χ3v) is 9.74. The van der Waals surface area contributed by atoms with E-state index >= 15 is 0 Å². The number of fused-ring (bicyclic) bond motifs is 1. The van der Waals surface area contributed by atoms with E-state index in [1.165, 1.54) is 0 Å². The molecule has 2 aromatic heterocycles. The first-order valence-corrected chi connectivity index (χ1v) is 15.4. The zero-order valence-electron chi connectivity index (χ0n) is 24.2. The number of hydrogen-bond donors (Lipinski definition) is 1. The van der Waals surface area contributed by atoms with Crippen LogP contribution in [0, 0.1) is 6.92 Å². The lowest BCUT2D eigenvalue weighted by Crippen LogP contribution is -2.37. The van der Waals surface area contributed by atoms with Gasteiger partial charge in [-0.2, -0.15) is 5.10 Å². The highest BCUT2D eigenvalue weighted by Gasteiger charge is 2.30. The van der Waals surface area contributed by atoms with Gasteiger partial charge in [-0.25, -0.2) is 8.42 Å². The van der Waals surface area contributed by atoms with Crippen molar-refractivity contribution in [3.63, 3.8) is 0 Å². The summed E-state index contributed by atoms with van der Waals surface area (Å²) in [5.74, 6) is 1.02. The number of sulfone groups is 1. The Hall–Kier alpha value is -3.76. The van der Waals surface area contributed by atoms with Crippen LogP contribution < -0.4 is 10.1 Å². The number of nitrogens with one attached hydrogen (secondary N) is 1. The van der Waals surface area contributed by atoms with E-state index < -0.39 is 9.84 Å². The van der Waals surface area contributed by atoms with Crippen LogP contribution in [0.3, 0.4) is 0 Å². The molecule has 0 aliphatic carbocycles. The molecule has 216 valence electrons. The van der Waals surface area contributed by atoms with Crippen LogP contribution in [0.25, 0.3) is 10.9 Å². The van der Waals surface area contributed by atoms with Gasteiger partial charge in [-0.3, -0.25) is 14.5 Å². The fourth-order valence-electron chi connectivity index (χ4n) is 5.05. The number of piperidine rings is 1. The van der Waals surface area contributed by atoms with Crippen molar-refractivity contribution in [1.82, 2.24) is 19.7 Å². The number of nitrogens with zero attached hydrogens (tertiary/aromatic N) is 4. The molecule has 0 spiro atoms. The molecular weight excluding hydrogens is 538 g/mol. The Morgan fingerprint density at radius 2 is 1.83 bits per heavy atom. The Balaban J connectivity index is 1.32. The molecule has 0 bridgehead atoms. The minimum Gasteiger partial charge on any atom is -0.456 e. The number of carbonyl (C=O) groups excluding carboxylic acids is 1. The van der Waals surface area contributed by atoms with Crippen molar-refractivity contribution >= 4 is 32.3 Å². The number of likely N-dealkylation sites (tertiary alicyclic amines) is 1. The number of aryl methyl sites for hydroxylation is 1. The molecular formula is C31H37N5O4S. The molecule has 3 heterocycles. The van der Waals surface area contributed by atoms with Crippen molar-refractivity contribution in [3.8, 4) is 11.5 Å². The molecule has 41 heavy (non-hydrogen) atoms. The van der Waals surface area contributed by atoms with Gasteiger partial charge in [0.15, 0.2) is 9.84 Å². The van der Waals surface area contributed by atoms with Crippen LogP contribution in [0.4, 0.5) is 5.69 Å². The van der Waals surface area contributed by atoms with Gasteiger partial charge in [0.25, 0.3) is 0 Å². The van der Waals surface area contributed by atoms with Crippen molar-refractivity contribution in [2.45, 2.75) is 62.6 Å². The minimum absolute atomic E-state index is 0.134. The number of amides is 1. The molecule has 1 aliphatic rings. The van der Waals surface area contributed by atoms with Gasteiger partial charge in [-0.1, -0.05) is 12.1 Å². The first kappa shape index (κ1) is 28.8. The lowest BCUT2D eigenvalue weighted by atomic mass is 10.1. The molecule has 1 fully saturated rings. The topological polar surface area (TPSA) is 106 Å². The fourth-order valence-corrected chi connectivity index (χ4v) is 6.81. The first-order chi connectivity index (χ1) is 19.4. The lowest BCUT2D eigenvalue weighted by Gasteiger charge is -2.28. The third-order valence-electron chi connectivity index (χ3n) is 7.48. The van der Waals surface area contributed by atoms with Gasteiger partial charge in [0.1, 0.15) is 11.5 Å². The highest BCUT2D eigenvalue weighted by Crippen LogP contribution is 2.34. The Morgan fingerprint density at radius 1 is 1.07 bits per heavy atom. The molecule has 1 N–H and O–H groups in total. The highest BCUT2D eigenvalue weighted by atomic mass is 32.2. The smallest absolute Gasteiger partial charge is 0.228 e. The van der Waals surface area contributed by atoms with Crippen molar-refractivity contribution in [2.24, 2.45) is 0 Å². The second-order valence-electron chi connectivity index (χ2n) is 11.8. The average molecular weight is 576 g/mol. The summed E-state index contributed by atoms with van der Waals surface area (Å²) in [6.07, 6.45) is 6.57. The fraction of sp³-hybridized carbons (Fsp3) is 0.387. The monoisotopic (exact) mass is 575 g/mol. The van der Waals surface area contributed by atoms with Crippen molar-refractivity contribution in [2.75, 3.05) is 25.5 Å². The van der Waals surface area contributed by atoms with E-state index in [4.69, 9.17) is 4.74 Å². The number of carbonyl (C=O) groups is 1. The molecule has 9 nitrogen and oxygen atoms in total. The molecule has 0 saturated carbocycles. The zero-order valence-corrected chi connectivity index (χ0v) is 25.0. The predicted octanol–water partition coefficient (Wildman–Crippen LogP) is 5.34. The Morgan fingerprint density at radius 3 is 2.51 bits per heavy atom. The number of anilines is 1. The maximum absolute atomic E-state index is 13.4. The van der Waals surface area contributed by atoms with E-state index in [9.17, 15) is 13.2 Å². The van der Waals surface area contributed by atoms with Crippen LogP contribution in [0.5, 0.6) is 11.5 Å². The van der Waals surface area contributed by atoms with Gasteiger partial charge in [-0.05, 0) is 102 Å². The Bertz CT molecular complexity index is 1680. The molecule has 1 aliphatic heterocycles. The average Bonchev–Trinajstić information content (AvgIpc) is 3.39. The molecule has 1 saturated heterocycles. The van der Waals surface area contributed by atoms with Crippen LogP contribution >= 0.6 is 0 Å². The summed E-state index contributed by atoms with van der Waals surface area (Å²) in [6, 6.07) is 12.4. The van der Waals surface area contributed by atoms with Gasteiger partial charge in [0.05, 0.1) is 39.5 Å². The van der Waals surface area contributed by atoms with E-state index in [0.29, 0.717) is 45.8 Å². The van der Waals surface area contributed by atoms with E-state index in [1.54, 1.807) is 36.7 Å². The van der Waals surface area contributed by atoms with Crippen molar-refractivity contribution in [3.05, 3.63) is 72.2 Å². The van der Waals surface area contributed by atoms with Crippen LogP contribution in [0.15, 0.2) is 66.0 Å². The second kappa shape index (κ2) is 11.3. The summed E-state index contributed by atoms with van der Waals surface area (Å²) in [7, 11) is -1.46. The summed E-state index contributed by atoms with van der Waals surface area (Å²) >= 11 is 0. The standard InChI is InChI=1S/C31H37N5O4S/c1-21-16-22(17-30(37)34-23-19-33-36(20-23)31(2,3)4)6-9-28(21)40-29-10-13-32-27-8-7-25(18-26(27)29)41(38,39)24-11-14-35(5)15-12-24/h6-10,13,16,18-20,24H,11-12,14-15,17H2,1-5H3,(H,34,37). The molecule has 5 rings (SSSR count). The van der Waals surface area contributed by atoms with Crippen LogP contribution in [-0.4, -0.2) is 59.4 Å². The second-order valence-corrected chi connectivity index (χ2v) is 14.0. The largest absolute Gasteiger partial charge is 0.456 e. The zero-order chi connectivity index (χ0) is 29.4. The molecule has 4 aromatic rings. The third kappa shape index (κ3) is 6.44. The molecule has 10 heteroatoms. The van der Waals surface area contributed by atoms with Gasteiger partial charge in [0.2, 0.25) is 5.91 Å². The molecule has 1 amide bonds. The normalized spacial score (nSPS) is 15.2. The predicted molar refractivity (Wildman–Crippen MR) is 160 cm³/mol. The first-order valence-electron chi connectivity index (χ1n) is 13.8. The van der Waals surface area contributed by atoms with Crippen molar-refractivity contribution in [1.29, 1.82) is 0 Å². The maximum Gasteiger partial charge on any atom is 0.228 e. The number of rotatable bonds is 7. The summed E-state index contributed by atoms with van der Waals surface area (Å²) in [4.78, 5) is 19.5. The van der Waals surface area contributed by atoms with E-state index in [1.807, 2.05) is 63.8 Å². The summed E-state index contributed by atoms with van der Waals surface area (Å²) in [6.45, 7) is 9.60. The summed E-state index contributed by atoms with van der Waals surface area (Å²) in [5, 5.41) is 7.48. The quantitative estimate of drug-likeness (QED) is 0.317. The van der Waals surface area contributed by atoms with Gasteiger partial charge >= 0.3 is 0 Å². The molecule has 0 unspecified atom stereocenters. The Labute approximate surface area is 241 Å². The van der Waals surface area contributed by atoms with Gasteiger partial charge in [-0.15, -0.1) is 0 Å². The van der Waals surface area contributed by atoms with Gasteiger partial charge in [0, 0.05) is 17.8 Å². The van der Waals surface area contributed by atoms with E-state index in [2.05, 4.69) is 20.3 Å². The molecule has 2 aromatic carbocycles. The van der Waals surface area contributed by atoms with Crippen molar-refractivity contribution < 1.29 is 17.9 Å². The lowest BCUT2D eigenvalue weighted by molar-refractivity contribution is -0.115. The molecule has 0 atom stereocenters. The van der Waals surface area contributed by atoms with E-state index in [-0.39, 0.29) is 23.1 Å². The van der Waals surface area contributed by atoms with Crippen LogP contribution in [0.1, 0.15) is 44.7 Å². The SMILES string of the molecule is Cc1cc(CC(=O)Nc2cnn(C(C)(C)C)c2)ccc1Oc1ccnc2ccc(S(=O)(=O)C3CCN(C)CC3)cc12. The highest BCUT2D eigenvalue weighted by molar-refractivity contribution is 7.92. The maximum atomic E-state index is 13.4. The summed E-state index contributed by atoms with van der Waals surface area (Å²) in [5.41, 5.74) is 2.85. The summed E-state index contributed by atoms with van der Waals surface area (Å²) < 4.78 is 35.0. The Kier molecular flexibility index (Phi) is 7.89. The molecule has 0 radical (unpaired) electrons. The number of aromatic nitrogens is 3. The van der Waals surface area contributed by atoms with Crippen LogP contribution in [-0.2, 0) is 26.6 Å². The van der Waals surface area contributed by atoms with Gasteiger partial charge < -0.3 is 15.0 Å². The number of ether oxygens (including phenoxy) is 1. The number of benzene rings is 2. The van der Waals surface area contributed by atoms with Crippen LogP contribution in [0.2, 0.25) is 0 Å².